The lowest BCUT2D eigenvalue weighted by Gasteiger charge is -2.35. The van der Waals surface area contributed by atoms with Gasteiger partial charge in [-0.15, -0.1) is 0 Å². The molecule has 0 radical (unpaired) electrons. The van der Waals surface area contributed by atoms with E-state index in [-0.39, 0.29) is 18.3 Å². The van der Waals surface area contributed by atoms with Gasteiger partial charge in [0.2, 0.25) is 0 Å². The minimum atomic E-state index is -1.38. The van der Waals surface area contributed by atoms with E-state index in [9.17, 15) is 14.7 Å². The quantitative estimate of drug-likeness (QED) is 0.359. The van der Waals surface area contributed by atoms with Crippen LogP contribution in [0.25, 0.3) is 44.4 Å². The lowest BCUT2D eigenvalue weighted by Crippen LogP contribution is -2.46. The van der Waals surface area contributed by atoms with Gasteiger partial charge in [-0.2, -0.15) is 5.10 Å². The number of carbonyl (C=O) groups excluding carboxylic acids is 1. The van der Waals surface area contributed by atoms with Crippen LogP contribution in [0, 0.1) is 0 Å². The third-order valence-electron chi connectivity index (χ3n) is 7.11. The molecule has 5 aromatic heterocycles. The number of rotatable bonds is 5. The smallest absolute Gasteiger partial charge is 0.329 e. The first-order chi connectivity index (χ1) is 17.4. The molecule has 0 saturated carbocycles. The number of fused-ring (bicyclic) bond motifs is 4. The number of carbonyl (C=O) groups is 1. The second-order valence-electron chi connectivity index (χ2n) is 9.74. The topological polar surface area (TPSA) is 135 Å². The van der Waals surface area contributed by atoms with Crippen molar-refractivity contribution in [2.24, 2.45) is 7.05 Å². The molecular weight excluding hydrogens is 460 g/mol. The number of H-pyrrole nitrogens is 1. The highest BCUT2D eigenvalue weighted by Crippen LogP contribution is 2.32. The average Bonchev–Trinajstić information content (AvgIpc) is 3.47. The molecule has 5 aromatic rings. The molecule has 1 atom stereocenters. The van der Waals surface area contributed by atoms with Gasteiger partial charge in [-0.05, 0) is 38.0 Å². The Morgan fingerprint density at radius 3 is 2.78 bits per heavy atom. The van der Waals surface area contributed by atoms with E-state index in [2.05, 4.69) is 25.1 Å². The van der Waals surface area contributed by atoms with Crippen molar-refractivity contribution in [3.63, 3.8) is 0 Å². The van der Waals surface area contributed by atoms with Gasteiger partial charge in [0.15, 0.2) is 11.9 Å². The van der Waals surface area contributed by atoms with Crippen molar-refractivity contribution < 1.29 is 9.90 Å². The molecule has 0 aromatic carbocycles. The minimum absolute atomic E-state index is 0.0313. The van der Waals surface area contributed by atoms with Crippen LogP contribution in [0.5, 0.6) is 0 Å². The number of aldehydes is 1. The van der Waals surface area contributed by atoms with E-state index in [1.807, 2.05) is 22.8 Å². The van der Waals surface area contributed by atoms with Gasteiger partial charge in [0.1, 0.15) is 11.1 Å². The number of pyridine rings is 3. The van der Waals surface area contributed by atoms with Crippen LogP contribution >= 0.6 is 0 Å². The zero-order valence-corrected chi connectivity index (χ0v) is 20.0. The molecule has 6 rings (SSSR count). The molecule has 1 saturated heterocycles. The fourth-order valence-corrected chi connectivity index (χ4v) is 5.28. The summed E-state index contributed by atoms with van der Waals surface area (Å²) >= 11 is 0. The molecule has 184 valence electrons. The molecule has 6 heterocycles. The second-order valence-corrected chi connectivity index (χ2v) is 9.74. The highest BCUT2D eigenvalue weighted by Gasteiger charge is 2.30. The number of β-amino-alcohol motifs (C(OH)–C–C–N with tert-alkyl or cyclic N) is 1. The Kier molecular flexibility index (Phi) is 5.20. The summed E-state index contributed by atoms with van der Waals surface area (Å²) < 4.78 is 3.48. The molecular formula is C25H26N8O3. The van der Waals surface area contributed by atoms with Gasteiger partial charge in [0, 0.05) is 49.9 Å². The molecule has 0 spiro atoms. The molecule has 0 aliphatic carbocycles. The largest absolute Gasteiger partial charge is 0.381 e. The van der Waals surface area contributed by atoms with Crippen molar-refractivity contribution in [1.29, 1.82) is 0 Å². The highest BCUT2D eigenvalue weighted by molar-refractivity contribution is 6.01. The summed E-state index contributed by atoms with van der Waals surface area (Å²) in [7, 11) is 1.76. The minimum Gasteiger partial charge on any atom is -0.381 e. The standard InChI is InChI=1S/C25H26N8O3/c1-25(36,14-34)13-32-9-6-15(7-10-32)33-22-20(31(2)24(33)35)12-27-19-4-3-18(29-21(19)22)16-5-8-26-23-17(16)11-28-30-23/h3-5,8,11-12,14-15,36H,6-7,9-10,13H2,1-2H3,(H,26,28,30)/t25-/m1/s1. The van der Waals surface area contributed by atoms with Crippen LogP contribution < -0.4 is 5.69 Å². The third-order valence-corrected chi connectivity index (χ3v) is 7.11. The third kappa shape index (κ3) is 3.59. The summed E-state index contributed by atoms with van der Waals surface area (Å²) in [4.78, 5) is 40.5. The number of likely N-dealkylation sites (tertiary alicyclic amines) is 1. The zero-order chi connectivity index (χ0) is 25.0. The van der Waals surface area contributed by atoms with Crippen LogP contribution in [0.4, 0.5) is 0 Å². The van der Waals surface area contributed by atoms with Crippen molar-refractivity contribution in [2.45, 2.75) is 31.4 Å². The van der Waals surface area contributed by atoms with Crippen LogP contribution in [0.3, 0.4) is 0 Å². The van der Waals surface area contributed by atoms with E-state index >= 15 is 0 Å². The molecule has 11 heteroatoms. The SMILES string of the molecule is Cn1c(=O)n(C2CCN(C[C@@](C)(O)C=O)CC2)c2c3nc(-c4ccnc5[nH]ncc45)ccc3ncc21. The first-order valence-electron chi connectivity index (χ1n) is 11.9. The Bertz CT molecular complexity index is 1670. The predicted molar refractivity (Wildman–Crippen MR) is 135 cm³/mol. The molecule has 11 nitrogen and oxygen atoms in total. The number of aryl methyl sites for hydroxylation is 1. The molecule has 1 aliphatic rings. The number of hydrogen-bond donors (Lipinski definition) is 2. The summed E-state index contributed by atoms with van der Waals surface area (Å²) in [6.07, 6.45) is 7.20. The Morgan fingerprint density at radius 2 is 2.00 bits per heavy atom. The Morgan fingerprint density at radius 1 is 1.19 bits per heavy atom. The first kappa shape index (κ1) is 22.5. The number of nitrogens with one attached hydrogen (secondary N) is 1. The number of hydrogen-bond acceptors (Lipinski definition) is 8. The number of nitrogens with zero attached hydrogens (tertiary/aromatic N) is 7. The molecule has 2 N–H and O–H groups in total. The van der Waals surface area contributed by atoms with E-state index in [4.69, 9.17) is 4.98 Å². The van der Waals surface area contributed by atoms with E-state index in [0.717, 1.165) is 40.5 Å². The summed E-state index contributed by atoms with van der Waals surface area (Å²) in [6.45, 7) is 3.15. The molecule has 0 amide bonds. The lowest BCUT2D eigenvalue weighted by molar-refractivity contribution is -0.124. The number of aromatic nitrogens is 7. The zero-order valence-electron chi connectivity index (χ0n) is 20.0. The normalized spacial score (nSPS) is 17.2. The Hall–Kier alpha value is -3.96. The van der Waals surface area contributed by atoms with E-state index in [0.29, 0.717) is 36.1 Å². The molecule has 0 bridgehead atoms. The maximum Gasteiger partial charge on any atom is 0.329 e. The summed E-state index contributed by atoms with van der Waals surface area (Å²) in [6, 6.07) is 5.72. The van der Waals surface area contributed by atoms with Crippen LogP contribution in [0.2, 0.25) is 0 Å². The van der Waals surface area contributed by atoms with Gasteiger partial charge in [-0.3, -0.25) is 24.1 Å². The Labute approximate surface area is 205 Å². The molecule has 1 aliphatic heterocycles. The Balaban J connectivity index is 1.46. The highest BCUT2D eigenvalue weighted by atomic mass is 16.3. The van der Waals surface area contributed by atoms with E-state index < -0.39 is 5.60 Å². The van der Waals surface area contributed by atoms with Gasteiger partial charge < -0.3 is 9.90 Å². The number of aromatic amines is 1. The fraction of sp³-hybridized carbons (Fsp3) is 0.360. The average molecular weight is 487 g/mol. The predicted octanol–water partition coefficient (Wildman–Crippen LogP) is 1.81. The lowest BCUT2D eigenvalue weighted by atomic mass is 10.0. The van der Waals surface area contributed by atoms with Gasteiger partial charge in [-0.25, -0.2) is 14.8 Å². The molecule has 1 fully saturated rings. The second kappa shape index (κ2) is 8.32. The van der Waals surface area contributed by atoms with Gasteiger partial charge in [0.25, 0.3) is 0 Å². The van der Waals surface area contributed by atoms with Crippen LogP contribution in [0.15, 0.2) is 41.6 Å². The number of aliphatic hydroxyl groups is 1. The van der Waals surface area contributed by atoms with Crippen molar-refractivity contribution in [3.8, 4) is 11.3 Å². The monoisotopic (exact) mass is 486 g/mol. The van der Waals surface area contributed by atoms with Crippen molar-refractivity contribution in [2.75, 3.05) is 19.6 Å². The van der Waals surface area contributed by atoms with E-state index in [1.54, 1.807) is 30.2 Å². The first-order valence-corrected chi connectivity index (χ1v) is 11.9. The van der Waals surface area contributed by atoms with Crippen molar-refractivity contribution in [3.05, 3.63) is 47.3 Å². The van der Waals surface area contributed by atoms with Gasteiger partial charge in [0.05, 0.1) is 34.6 Å². The number of imidazole rings is 1. The van der Waals surface area contributed by atoms with Gasteiger partial charge >= 0.3 is 5.69 Å². The van der Waals surface area contributed by atoms with Crippen LogP contribution in [0.1, 0.15) is 25.8 Å². The van der Waals surface area contributed by atoms with Gasteiger partial charge in [-0.1, -0.05) is 0 Å². The van der Waals surface area contributed by atoms with Crippen LogP contribution in [-0.4, -0.2) is 75.8 Å². The fourth-order valence-electron chi connectivity index (χ4n) is 5.28. The van der Waals surface area contributed by atoms with Crippen molar-refractivity contribution in [1.82, 2.24) is 39.2 Å². The maximum atomic E-state index is 13.4. The van der Waals surface area contributed by atoms with E-state index in [1.165, 1.54) is 6.92 Å². The molecule has 0 unspecified atom stereocenters. The number of piperidine rings is 1. The summed E-state index contributed by atoms with van der Waals surface area (Å²) in [5, 5.41) is 18.0. The van der Waals surface area contributed by atoms with Crippen LogP contribution in [-0.2, 0) is 11.8 Å². The summed E-state index contributed by atoms with van der Waals surface area (Å²) in [5.74, 6) is 0. The summed E-state index contributed by atoms with van der Waals surface area (Å²) in [5.41, 5.74) is 3.72. The maximum absolute atomic E-state index is 13.4. The molecule has 36 heavy (non-hydrogen) atoms. The van der Waals surface area contributed by atoms with Crippen molar-refractivity contribution >= 4 is 39.4 Å².